The van der Waals surface area contributed by atoms with Crippen molar-refractivity contribution in [1.29, 1.82) is 0 Å². The van der Waals surface area contributed by atoms with Gasteiger partial charge < -0.3 is 4.90 Å². The van der Waals surface area contributed by atoms with Gasteiger partial charge in [-0.2, -0.15) is 0 Å². The van der Waals surface area contributed by atoms with E-state index in [9.17, 15) is 0 Å². The van der Waals surface area contributed by atoms with Gasteiger partial charge in [-0.1, -0.05) is 48.5 Å². The summed E-state index contributed by atoms with van der Waals surface area (Å²) in [7, 11) is 0. The molecule has 15 heavy (non-hydrogen) atoms. The van der Waals surface area contributed by atoms with Gasteiger partial charge in [-0.25, -0.2) is 0 Å². The van der Waals surface area contributed by atoms with E-state index in [2.05, 4.69) is 25.7 Å². The summed E-state index contributed by atoms with van der Waals surface area (Å²) in [6.07, 6.45) is 2.84. The molecule has 0 unspecified atom stereocenters. The highest BCUT2D eigenvalue weighted by Gasteiger charge is 2.19. The van der Waals surface area contributed by atoms with E-state index in [-0.39, 0.29) is 0 Å². The second kappa shape index (κ2) is 12.0. The molecular formula is C14H33N. The maximum Gasteiger partial charge on any atom is -0.00161 e. The molecule has 1 heterocycles. The zero-order valence-electron chi connectivity index (χ0n) is 12.1. The molecular weight excluding hydrogens is 182 g/mol. The Morgan fingerprint density at radius 2 is 1.40 bits per heavy atom. The number of likely N-dealkylation sites (tertiary alicyclic amines) is 1. The molecule has 0 radical (unpaired) electrons. The first-order valence-electron chi connectivity index (χ1n) is 6.96. The first kappa shape index (κ1) is 17.4. The molecule has 0 N–H and O–H groups in total. The highest BCUT2D eigenvalue weighted by atomic mass is 15.1. The highest BCUT2D eigenvalue weighted by Crippen LogP contribution is 2.23. The van der Waals surface area contributed by atoms with Gasteiger partial charge in [0.05, 0.1) is 0 Å². The third kappa shape index (κ3) is 7.84. The van der Waals surface area contributed by atoms with Crippen LogP contribution in [0.3, 0.4) is 0 Å². The summed E-state index contributed by atoms with van der Waals surface area (Å²) >= 11 is 0. The van der Waals surface area contributed by atoms with Crippen molar-refractivity contribution in [2.75, 3.05) is 19.6 Å². The van der Waals surface area contributed by atoms with Crippen LogP contribution < -0.4 is 0 Å². The van der Waals surface area contributed by atoms with Crippen LogP contribution in [-0.4, -0.2) is 24.5 Å². The van der Waals surface area contributed by atoms with Crippen LogP contribution >= 0.6 is 0 Å². The van der Waals surface area contributed by atoms with Gasteiger partial charge in [0.15, 0.2) is 0 Å². The maximum atomic E-state index is 2.55. The summed E-state index contributed by atoms with van der Waals surface area (Å²) in [6, 6.07) is 0. The van der Waals surface area contributed by atoms with E-state index in [0.717, 1.165) is 11.8 Å². The minimum atomic E-state index is 0.897. The zero-order valence-corrected chi connectivity index (χ0v) is 12.1. The average molecular weight is 215 g/mol. The van der Waals surface area contributed by atoms with E-state index in [4.69, 9.17) is 0 Å². The zero-order chi connectivity index (χ0) is 12.3. The van der Waals surface area contributed by atoms with Crippen LogP contribution in [0, 0.1) is 11.8 Å². The smallest absolute Gasteiger partial charge is 0.00161 e. The lowest BCUT2D eigenvalue weighted by Crippen LogP contribution is -2.34. The molecule has 1 saturated heterocycles. The topological polar surface area (TPSA) is 3.24 Å². The van der Waals surface area contributed by atoms with E-state index in [1.807, 2.05) is 27.7 Å². The predicted octanol–water partition coefficient (Wildman–Crippen LogP) is 4.43. The maximum absolute atomic E-state index is 2.55. The Morgan fingerprint density at radius 3 is 1.67 bits per heavy atom. The van der Waals surface area contributed by atoms with Crippen molar-refractivity contribution in [1.82, 2.24) is 4.90 Å². The molecule has 0 aliphatic carbocycles. The summed E-state index contributed by atoms with van der Waals surface area (Å²) in [6.45, 7) is 18.9. The summed E-state index contributed by atoms with van der Waals surface area (Å²) < 4.78 is 0. The lowest BCUT2D eigenvalue weighted by Gasteiger charge is -2.32. The lowest BCUT2D eigenvalue weighted by molar-refractivity contribution is 0.164. The lowest BCUT2D eigenvalue weighted by atomic mass is 9.87. The average Bonchev–Trinajstić information content (AvgIpc) is 2.34. The normalized spacial score (nSPS) is 17.6. The summed E-state index contributed by atoms with van der Waals surface area (Å²) in [4.78, 5) is 2.55. The van der Waals surface area contributed by atoms with Crippen molar-refractivity contribution in [2.24, 2.45) is 11.8 Å². The van der Waals surface area contributed by atoms with Gasteiger partial charge in [0.2, 0.25) is 0 Å². The van der Waals surface area contributed by atoms with Gasteiger partial charge in [0.25, 0.3) is 0 Å². The second-order valence-corrected chi connectivity index (χ2v) is 4.02. The van der Waals surface area contributed by atoms with E-state index in [1.54, 1.807) is 0 Å². The Morgan fingerprint density at radius 1 is 1.00 bits per heavy atom. The van der Waals surface area contributed by atoms with Crippen LogP contribution in [0.1, 0.15) is 61.3 Å². The first-order chi connectivity index (χ1) is 7.24. The minimum Gasteiger partial charge on any atom is -0.304 e. The third-order valence-electron chi connectivity index (χ3n) is 3.02. The molecule has 0 atom stereocenters. The molecule has 1 aliphatic rings. The van der Waals surface area contributed by atoms with Gasteiger partial charge in [-0.05, 0) is 44.3 Å². The van der Waals surface area contributed by atoms with E-state index >= 15 is 0 Å². The fraction of sp³-hybridized carbons (Fsp3) is 1.00. The van der Waals surface area contributed by atoms with Gasteiger partial charge in [0, 0.05) is 0 Å². The molecule has 0 saturated carbocycles. The molecule has 0 aromatic carbocycles. The van der Waals surface area contributed by atoms with Crippen molar-refractivity contribution in [3.05, 3.63) is 0 Å². The molecule has 1 rings (SSSR count). The Labute approximate surface area is 98.2 Å². The summed E-state index contributed by atoms with van der Waals surface area (Å²) in [5.41, 5.74) is 0. The molecule has 0 aromatic heterocycles. The summed E-state index contributed by atoms with van der Waals surface area (Å²) in [5.74, 6) is 1.90. The fourth-order valence-electron chi connectivity index (χ4n) is 1.94. The quantitative estimate of drug-likeness (QED) is 0.659. The van der Waals surface area contributed by atoms with Crippen LogP contribution in [0.5, 0.6) is 0 Å². The SMILES string of the molecule is CC.CC.CCN1CCC(C(C)C)CC1. The molecule has 0 amide bonds. The molecule has 1 nitrogen and oxygen atoms in total. The number of rotatable bonds is 2. The van der Waals surface area contributed by atoms with Crippen LogP contribution in [0.15, 0.2) is 0 Å². The van der Waals surface area contributed by atoms with E-state index < -0.39 is 0 Å². The minimum absolute atomic E-state index is 0.897. The number of hydrogen-bond donors (Lipinski definition) is 0. The predicted molar refractivity (Wildman–Crippen MR) is 72.4 cm³/mol. The fourth-order valence-corrected chi connectivity index (χ4v) is 1.94. The molecule has 94 valence electrons. The number of nitrogens with zero attached hydrogens (tertiary/aromatic N) is 1. The van der Waals surface area contributed by atoms with Crippen LogP contribution in [0.25, 0.3) is 0 Å². The van der Waals surface area contributed by atoms with Gasteiger partial charge in [-0.3, -0.25) is 0 Å². The van der Waals surface area contributed by atoms with Gasteiger partial charge >= 0.3 is 0 Å². The largest absolute Gasteiger partial charge is 0.304 e. The Bertz CT molecular complexity index is 102. The Balaban J connectivity index is 0. The standard InChI is InChI=1S/C10H21N.2C2H6/c1-4-11-7-5-10(6-8-11)9(2)3;2*1-2/h9-10H,4-8H2,1-3H3;2*1-2H3. The van der Waals surface area contributed by atoms with E-state index in [0.29, 0.717) is 0 Å². The molecule has 0 bridgehead atoms. The van der Waals surface area contributed by atoms with Gasteiger partial charge in [0.1, 0.15) is 0 Å². The van der Waals surface area contributed by atoms with Crippen molar-refractivity contribution in [3.63, 3.8) is 0 Å². The van der Waals surface area contributed by atoms with Crippen LogP contribution in [0.2, 0.25) is 0 Å². The van der Waals surface area contributed by atoms with Crippen LogP contribution in [-0.2, 0) is 0 Å². The van der Waals surface area contributed by atoms with Crippen molar-refractivity contribution in [2.45, 2.75) is 61.3 Å². The van der Waals surface area contributed by atoms with Crippen LogP contribution in [0.4, 0.5) is 0 Å². The number of piperidine rings is 1. The van der Waals surface area contributed by atoms with Crippen molar-refractivity contribution >= 4 is 0 Å². The molecule has 1 fully saturated rings. The van der Waals surface area contributed by atoms with Crippen molar-refractivity contribution in [3.8, 4) is 0 Å². The third-order valence-corrected chi connectivity index (χ3v) is 3.02. The van der Waals surface area contributed by atoms with Gasteiger partial charge in [-0.15, -0.1) is 0 Å². The molecule has 1 heteroatoms. The second-order valence-electron chi connectivity index (χ2n) is 4.02. The molecule has 1 aliphatic heterocycles. The molecule has 0 spiro atoms. The highest BCUT2D eigenvalue weighted by molar-refractivity contribution is 4.73. The summed E-state index contributed by atoms with van der Waals surface area (Å²) in [5, 5.41) is 0. The van der Waals surface area contributed by atoms with Crippen molar-refractivity contribution < 1.29 is 0 Å². The monoisotopic (exact) mass is 215 g/mol. The Hall–Kier alpha value is -0.0400. The first-order valence-corrected chi connectivity index (χ1v) is 6.96. The van der Waals surface area contributed by atoms with E-state index in [1.165, 1.54) is 32.5 Å². The molecule has 0 aromatic rings. The number of hydrogen-bond acceptors (Lipinski definition) is 1. The Kier molecular flexibility index (Phi) is 13.9.